The predicted molar refractivity (Wildman–Crippen MR) is 89.8 cm³/mol. The van der Waals surface area contributed by atoms with E-state index >= 15 is 0 Å². The van der Waals surface area contributed by atoms with Gasteiger partial charge in [-0.15, -0.1) is 0 Å². The number of carbonyl (C=O) groups excluding carboxylic acids is 2. The van der Waals surface area contributed by atoms with Crippen LogP contribution in [0.1, 0.15) is 38.7 Å². The maximum Gasteiger partial charge on any atom is 0.307 e. The van der Waals surface area contributed by atoms with Gasteiger partial charge < -0.3 is 14.8 Å². The van der Waals surface area contributed by atoms with Crippen molar-refractivity contribution in [2.24, 2.45) is 0 Å². The van der Waals surface area contributed by atoms with Crippen molar-refractivity contribution in [3.63, 3.8) is 0 Å². The molecule has 0 aliphatic heterocycles. The highest BCUT2D eigenvalue weighted by Crippen LogP contribution is 2.27. The molecular formula is C17H24ClNO4. The van der Waals surface area contributed by atoms with Crippen molar-refractivity contribution in [1.29, 1.82) is 0 Å². The topological polar surface area (TPSA) is 64.6 Å². The molecule has 0 spiro atoms. The van der Waals surface area contributed by atoms with Crippen LogP contribution < -0.4 is 10.1 Å². The Hall–Kier alpha value is -1.75. The molecule has 0 bridgehead atoms. The molecule has 1 rings (SSSR count). The smallest absolute Gasteiger partial charge is 0.307 e. The summed E-state index contributed by atoms with van der Waals surface area (Å²) in [5.74, 6) is 0.00522. The van der Waals surface area contributed by atoms with Gasteiger partial charge in [0, 0.05) is 16.1 Å². The molecule has 5 nitrogen and oxygen atoms in total. The second-order valence-corrected chi connectivity index (χ2v) is 6.12. The molecule has 1 amide bonds. The number of methoxy groups -OCH3 is 2. The van der Waals surface area contributed by atoms with Crippen LogP contribution in [0.4, 0.5) is 0 Å². The van der Waals surface area contributed by atoms with Crippen LogP contribution >= 0.6 is 11.6 Å². The van der Waals surface area contributed by atoms with Crippen LogP contribution in [0.3, 0.4) is 0 Å². The molecule has 0 radical (unpaired) electrons. The Labute approximate surface area is 142 Å². The van der Waals surface area contributed by atoms with Crippen molar-refractivity contribution >= 4 is 23.5 Å². The first-order chi connectivity index (χ1) is 10.8. The largest absolute Gasteiger partial charge is 0.496 e. The standard InChI is InChI=1S/C17H24ClNO4/c1-5-9-17(2,11-16(21)23-4)19-15(20)10-12-13(18)7-6-8-14(12)22-3/h6-8H,5,9-11H2,1-4H3,(H,19,20). The van der Waals surface area contributed by atoms with Gasteiger partial charge in [0.1, 0.15) is 5.75 Å². The molecule has 0 saturated heterocycles. The number of rotatable bonds is 8. The van der Waals surface area contributed by atoms with Crippen LogP contribution in [0, 0.1) is 0 Å². The molecule has 0 aliphatic rings. The minimum Gasteiger partial charge on any atom is -0.496 e. The minimum absolute atomic E-state index is 0.0866. The molecule has 0 heterocycles. The van der Waals surface area contributed by atoms with E-state index in [0.717, 1.165) is 6.42 Å². The number of ether oxygens (including phenoxy) is 2. The highest BCUT2D eigenvalue weighted by Gasteiger charge is 2.29. The van der Waals surface area contributed by atoms with E-state index in [1.54, 1.807) is 18.2 Å². The summed E-state index contributed by atoms with van der Waals surface area (Å²) in [6.45, 7) is 3.84. The van der Waals surface area contributed by atoms with Crippen LogP contribution in [0.2, 0.25) is 5.02 Å². The number of hydrogen-bond donors (Lipinski definition) is 1. The van der Waals surface area contributed by atoms with Gasteiger partial charge in [0.15, 0.2) is 0 Å². The van der Waals surface area contributed by atoms with Crippen LogP contribution in [0.25, 0.3) is 0 Å². The van der Waals surface area contributed by atoms with Crippen LogP contribution in [-0.4, -0.2) is 31.6 Å². The average molecular weight is 342 g/mol. The summed E-state index contributed by atoms with van der Waals surface area (Å²) in [6, 6.07) is 5.24. The molecule has 0 fully saturated rings. The molecule has 1 aromatic carbocycles. The third-order valence-corrected chi connectivity index (χ3v) is 3.99. The fraction of sp³-hybridized carbons (Fsp3) is 0.529. The van der Waals surface area contributed by atoms with Gasteiger partial charge in [0.25, 0.3) is 0 Å². The Kier molecular flexibility index (Phi) is 7.36. The van der Waals surface area contributed by atoms with Crippen LogP contribution in [0.15, 0.2) is 18.2 Å². The van der Waals surface area contributed by atoms with Crippen molar-refractivity contribution in [3.05, 3.63) is 28.8 Å². The van der Waals surface area contributed by atoms with E-state index in [9.17, 15) is 9.59 Å². The first-order valence-corrected chi connectivity index (χ1v) is 7.92. The van der Waals surface area contributed by atoms with E-state index < -0.39 is 5.54 Å². The van der Waals surface area contributed by atoms with Gasteiger partial charge in [-0.2, -0.15) is 0 Å². The summed E-state index contributed by atoms with van der Waals surface area (Å²) in [4.78, 5) is 24.0. The lowest BCUT2D eigenvalue weighted by Crippen LogP contribution is -2.48. The van der Waals surface area contributed by atoms with Crippen LogP contribution in [-0.2, 0) is 20.7 Å². The van der Waals surface area contributed by atoms with Gasteiger partial charge in [0.05, 0.1) is 27.1 Å². The summed E-state index contributed by atoms with van der Waals surface area (Å²) < 4.78 is 9.96. The molecule has 0 saturated carbocycles. The third-order valence-electron chi connectivity index (χ3n) is 3.64. The molecule has 128 valence electrons. The maximum atomic E-state index is 12.4. The second-order valence-electron chi connectivity index (χ2n) is 5.71. The first-order valence-electron chi connectivity index (χ1n) is 7.54. The Morgan fingerprint density at radius 1 is 1.30 bits per heavy atom. The van der Waals surface area contributed by atoms with E-state index in [1.165, 1.54) is 14.2 Å². The number of esters is 1. The minimum atomic E-state index is -0.645. The summed E-state index contributed by atoms with van der Waals surface area (Å²) in [5, 5.41) is 3.41. The number of carbonyl (C=O) groups is 2. The SMILES string of the molecule is CCCC(C)(CC(=O)OC)NC(=O)Cc1c(Cl)cccc1OC. The van der Waals surface area contributed by atoms with Crippen molar-refractivity contribution in [1.82, 2.24) is 5.32 Å². The van der Waals surface area contributed by atoms with E-state index in [2.05, 4.69) is 5.32 Å². The molecule has 0 aliphatic carbocycles. The third kappa shape index (κ3) is 5.75. The summed E-state index contributed by atoms with van der Waals surface area (Å²) in [5.41, 5.74) is -0.0148. The van der Waals surface area contributed by atoms with E-state index in [4.69, 9.17) is 21.1 Å². The lowest BCUT2D eigenvalue weighted by atomic mass is 9.91. The Morgan fingerprint density at radius 2 is 2.00 bits per heavy atom. The molecule has 23 heavy (non-hydrogen) atoms. The molecular weight excluding hydrogens is 318 g/mol. The van der Waals surface area contributed by atoms with Crippen molar-refractivity contribution in [2.45, 2.75) is 45.1 Å². The van der Waals surface area contributed by atoms with Gasteiger partial charge in [-0.1, -0.05) is 31.0 Å². The lowest BCUT2D eigenvalue weighted by Gasteiger charge is -2.29. The van der Waals surface area contributed by atoms with Crippen molar-refractivity contribution in [3.8, 4) is 5.75 Å². The fourth-order valence-electron chi connectivity index (χ4n) is 2.58. The summed E-state index contributed by atoms with van der Waals surface area (Å²) >= 11 is 6.16. The quantitative estimate of drug-likeness (QED) is 0.738. The van der Waals surface area contributed by atoms with E-state index in [-0.39, 0.29) is 24.7 Å². The number of amides is 1. The molecule has 1 aromatic rings. The average Bonchev–Trinajstić information content (AvgIpc) is 2.48. The second kappa shape index (κ2) is 8.77. The molecule has 1 atom stereocenters. The zero-order valence-electron chi connectivity index (χ0n) is 14.1. The van der Waals surface area contributed by atoms with E-state index in [1.807, 2.05) is 13.8 Å². The van der Waals surface area contributed by atoms with Gasteiger partial charge in [-0.25, -0.2) is 0 Å². The molecule has 1 N–H and O–H groups in total. The number of halogens is 1. The molecule has 1 unspecified atom stereocenters. The highest BCUT2D eigenvalue weighted by atomic mass is 35.5. The summed E-state index contributed by atoms with van der Waals surface area (Å²) in [6.07, 6.45) is 1.72. The number of benzene rings is 1. The predicted octanol–water partition coefficient (Wildman–Crippen LogP) is 3.13. The lowest BCUT2D eigenvalue weighted by molar-refractivity contribution is -0.142. The van der Waals surface area contributed by atoms with Gasteiger partial charge in [-0.3, -0.25) is 9.59 Å². The van der Waals surface area contributed by atoms with Crippen molar-refractivity contribution < 1.29 is 19.1 Å². The maximum absolute atomic E-state index is 12.4. The summed E-state index contributed by atoms with van der Waals surface area (Å²) in [7, 11) is 2.87. The fourth-order valence-corrected chi connectivity index (χ4v) is 2.81. The normalized spacial score (nSPS) is 13.1. The highest BCUT2D eigenvalue weighted by molar-refractivity contribution is 6.31. The zero-order chi connectivity index (χ0) is 17.5. The van der Waals surface area contributed by atoms with Crippen molar-refractivity contribution in [2.75, 3.05) is 14.2 Å². The van der Waals surface area contributed by atoms with Gasteiger partial charge >= 0.3 is 5.97 Å². The Bertz CT molecular complexity index is 562. The number of nitrogens with one attached hydrogen (secondary N) is 1. The van der Waals surface area contributed by atoms with Gasteiger partial charge in [0.2, 0.25) is 5.91 Å². The Balaban J connectivity index is 2.86. The monoisotopic (exact) mass is 341 g/mol. The first kappa shape index (κ1) is 19.3. The molecule has 6 heteroatoms. The van der Waals surface area contributed by atoms with Crippen LogP contribution in [0.5, 0.6) is 5.75 Å². The number of hydrogen-bond acceptors (Lipinski definition) is 4. The Morgan fingerprint density at radius 3 is 2.57 bits per heavy atom. The van der Waals surface area contributed by atoms with Gasteiger partial charge in [-0.05, 0) is 25.5 Å². The van der Waals surface area contributed by atoms with E-state index in [0.29, 0.717) is 22.8 Å². The zero-order valence-corrected chi connectivity index (χ0v) is 14.8. The molecule has 0 aromatic heterocycles.